The second kappa shape index (κ2) is 9.85. The van der Waals surface area contributed by atoms with Crippen molar-refractivity contribution < 1.29 is 14.3 Å². The first-order valence-corrected chi connectivity index (χ1v) is 7.98. The molecule has 1 aromatic rings. The van der Waals surface area contributed by atoms with Crippen molar-refractivity contribution in [2.75, 3.05) is 26.8 Å². The van der Waals surface area contributed by atoms with E-state index in [1.54, 1.807) is 13.2 Å². The summed E-state index contributed by atoms with van der Waals surface area (Å²) in [7, 11) is 1.57. The predicted molar refractivity (Wildman–Crippen MR) is 93.9 cm³/mol. The van der Waals surface area contributed by atoms with Gasteiger partial charge in [-0.3, -0.25) is 4.79 Å². The van der Waals surface area contributed by atoms with Gasteiger partial charge in [0.1, 0.15) is 0 Å². The molecule has 0 aliphatic heterocycles. The van der Waals surface area contributed by atoms with E-state index < -0.39 is 0 Å². The van der Waals surface area contributed by atoms with Gasteiger partial charge in [-0.25, -0.2) is 0 Å². The molecule has 1 aliphatic rings. The average molecular weight is 363 g/mol. The van der Waals surface area contributed by atoms with Gasteiger partial charge in [-0.1, -0.05) is 11.6 Å². The fourth-order valence-corrected chi connectivity index (χ4v) is 2.42. The number of amides is 1. The third kappa shape index (κ3) is 6.45. The molecule has 1 amide bonds. The molecule has 0 heterocycles. The van der Waals surface area contributed by atoms with Gasteiger partial charge in [0.05, 0.1) is 25.3 Å². The third-order valence-corrected chi connectivity index (χ3v) is 3.76. The van der Waals surface area contributed by atoms with Gasteiger partial charge in [0.25, 0.3) is 0 Å². The summed E-state index contributed by atoms with van der Waals surface area (Å²) in [4.78, 5) is 11.8. The summed E-state index contributed by atoms with van der Waals surface area (Å²) in [6.45, 7) is 4.08. The fourth-order valence-electron chi connectivity index (χ4n) is 2.13. The van der Waals surface area contributed by atoms with Crippen LogP contribution in [-0.4, -0.2) is 32.7 Å². The highest BCUT2D eigenvalue weighted by molar-refractivity contribution is 6.32. The Morgan fingerprint density at radius 3 is 2.74 bits per heavy atom. The van der Waals surface area contributed by atoms with Crippen molar-refractivity contribution in [3.05, 3.63) is 22.7 Å². The van der Waals surface area contributed by atoms with Crippen LogP contribution < -0.4 is 20.1 Å². The lowest BCUT2D eigenvalue weighted by molar-refractivity contribution is -0.120. The number of nitrogens with one attached hydrogen (secondary N) is 2. The number of methoxy groups -OCH3 is 1. The van der Waals surface area contributed by atoms with E-state index in [-0.39, 0.29) is 18.3 Å². The Hall–Kier alpha value is -1.17. The second-order valence-corrected chi connectivity index (χ2v) is 5.80. The molecule has 0 atom stereocenters. The zero-order chi connectivity index (χ0) is 15.9. The average Bonchev–Trinajstić information content (AvgIpc) is 3.31. The summed E-state index contributed by atoms with van der Waals surface area (Å²) < 4.78 is 10.8. The maximum atomic E-state index is 11.8. The second-order valence-electron chi connectivity index (χ2n) is 5.39. The van der Waals surface area contributed by atoms with Crippen molar-refractivity contribution >= 4 is 29.9 Å². The van der Waals surface area contributed by atoms with Gasteiger partial charge in [-0.2, -0.15) is 0 Å². The van der Waals surface area contributed by atoms with Gasteiger partial charge in [-0.05, 0) is 49.9 Å². The Morgan fingerprint density at radius 1 is 1.39 bits per heavy atom. The molecule has 1 aliphatic carbocycles. The highest BCUT2D eigenvalue weighted by Crippen LogP contribution is 2.36. The minimum Gasteiger partial charge on any atom is -0.493 e. The maximum absolute atomic E-state index is 11.8. The van der Waals surface area contributed by atoms with Crippen LogP contribution in [-0.2, 0) is 11.3 Å². The van der Waals surface area contributed by atoms with Crippen LogP contribution in [0.5, 0.6) is 11.5 Å². The molecular weight excluding hydrogens is 339 g/mol. The van der Waals surface area contributed by atoms with E-state index in [0.29, 0.717) is 36.2 Å². The van der Waals surface area contributed by atoms with Crippen LogP contribution in [0.25, 0.3) is 0 Å². The summed E-state index contributed by atoms with van der Waals surface area (Å²) in [5.74, 6) is 1.85. The number of carbonyl (C=O) groups excluding carboxylic acids is 1. The highest BCUT2D eigenvalue weighted by atomic mass is 35.5. The van der Waals surface area contributed by atoms with Crippen molar-refractivity contribution in [1.82, 2.24) is 10.6 Å². The van der Waals surface area contributed by atoms with Crippen LogP contribution in [0.2, 0.25) is 5.02 Å². The SMILES string of the molecule is CCOc1c(Cl)cc(CNC(=O)CNCC2CC2)cc1OC.Cl. The molecule has 1 aromatic carbocycles. The number of halogens is 2. The Kier molecular flexibility index (Phi) is 8.52. The fraction of sp³-hybridized carbons (Fsp3) is 0.562. The van der Waals surface area contributed by atoms with Crippen LogP contribution >= 0.6 is 24.0 Å². The summed E-state index contributed by atoms with van der Waals surface area (Å²) >= 11 is 6.20. The minimum atomic E-state index is -0.0235. The predicted octanol–water partition coefficient (Wildman–Crippen LogP) is 2.78. The molecule has 0 aromatic heterocycles. The lowest BCUT2D eigenvalue weighted by atomic mass is 10.2. The largest absolute Gasteiger partial charge is 0.493 e. The first kappa shape index (κ1) is 19.9. The van der Waals surface area contributed by atoms with Gasteiger partial charge in [0.15, 0.2) is 11.5 Å². The first-order chi connectivity index (χ1) is 10.6. The number of benzene rings is 1. The Balaban J connectivity index is 0.00000264. The molecule has 1 fully saturated rings. The Bertz CT molecular complexity index is 522. The summed E-state index contributed by atoms with van der Waals surface area (Å²) in [5, 5.41) is 6.51. The molecular formula is C16H24Cl2N2O3. The zero-order valence-electron chi connectivity index (χ0n) is 13.5. The number of rotatable bonds is 9. The molecule has 7 heteroatoms. The lowest BCUT2D eigenvalue weighted by Crippen LogP contribution is -2.34. The van der Waals surface area contributed by atoms with Gasteiger partial charge >= 0.3 is 0 Å². The van der Waals surface area contributed by atoms with Crippen LogP contribution in [0, 0.1) is 5.92 Å². The van der Waals surface area contributed by atoms with E-state index in [9.17, 15) is 4.79 Å². The molecule has 5 nitrogen and oxygen atoms in total. The van der Waals surface area contributed by atoms with Crippen molar-refractivity contribution in [2.45, 2.75) is 26.3 Å². The standard InChI is InChI=1S/C16H23ClN2O3.ClH/c1-3-22-16-13(17)6-12(7-14(16)21-2)9-19-15(20)10-18-8-11-4-5-11;/h6-7,11,18H,3-5,8-10H2,1-2H3,(H,19,20);1H. The molecule has 130 valence electrons. The van der Waals surface area contributed by atoms with E-state index in [2.05, 4.69) is 10.6 Å². The van der Waals surface area contributed by atoms with Crippen molar-refractivity contribution in [3.8, 4) is 11.5 Å². The van der Waals surface area contributed by atoms with Crippen molar-refractivity contribution in [1.29, 1.82) is 0 Å². The van der Waals surface area contributed by atoms with Crippen molar-refractivity contribution in [3.63, 3.8) is 0 Å². The Labute approximate surface area is 148 Å². The van der Waals surface area contributed by atoms with E-state index in [0.717, 1.165) is 18.0 Å². The first-order valence-electron chi connectivity index (χ1n) is 7.60. The summed E-state index contributed by atoms with van der Waals surface area (Å²) in [6, 6.07) is 3.61. The smallest absolute Gasteiger partial charge is 0.234 e. The third-order valence-electron chi connectivity index (χ3n) is 3.48. The topological polar surface area (TPSA) is 59.6 Å². The van der Waals surface area contributed by atoms with Gasteiger partial charge < -0.3 is 20.1 Å². The van der Waals surface area contributed by atoms with E-state index in [1.165, 1.54) is 12.8 Å². The molecule has 0 saturated heterocycles. The molecule has 0 unspecified atom stereocenters. The Morgan fingerprint density at radius 2 is 2.13 bits per heavy atom. The minimum absolute atomic E-state index is 0. The molecule has 0 radical (unpaired) electrons. The van der Waals surface area contributed by atoms with Crippen LogP contribution in [0.15, 0.2) is 12.1 Å². The van der Waals surface area contributed by atoms with Gasteiger partial charge in [-0.15, -0.1) is 12.4 Å². The van der Waals surface area contributed by atoms with E-state index >= 15 is 0 Å². The quantitative estimate of drug-likeness (QED) is 0.708. The number of hydrogen-bond donors (Lipinski definition) is 2. The van der Waals surface area contributed by atoms with Crippen molar-refractivity contribution in [2.24, 2.45) is 5.92 Å². The van der Waals surface area contributed by atoms with Crippen LogP contribution in [0.4, 0.5) is 0 Å². The molecule has 0 bridgehead atoms. The monoisotopic (exact) mass is 362 g/mol. The highest BCUT2D eigenvalue weighted by Gasteiger charge is 2.20. The number of ether oxygens (including phenoxy) is 2. The lowest BCUT2D eigenvalue weighted by Gasteiger charge is -2.13. The van der Waals surface area contributed by atoms with E-state index in [1.807, 2.05) is 13.0 Å². The molecule has 1 saturated carbocycles. The van der Waals surface area contributed by atoms with E-state index in [4.69, 9.17) is 21.1 Å². The normalized spacial score (nSPS) is 13.2. The summed E-state index contributed by atoms with van der Waals surface area (Å²) in [5.41, 5.74) is 0.876. The van der Waals surface area contributed by atoms with Crippen LogP contribution in [0.3, 0.4) is 0 Å². The maximum Gasteiger partial charge on any atom is 0.234 e. The number of hydrogen-bond acceptors (Lipinski definition) is 4. The molecule has 2 N–H and O–H groups in total. The number of carbonyl (C=O) groups is 1. The summed E-state index contributed by atoms with van der Waals surface area (Å²) in [6.07, 6.45) is 2.55. The van der Waals surface area contributed by atoms with Gasteiger partial charge in [0, 0.05) is 6.54 Å². The molecule has 2 rings (SSSR count). The van der Waals surface area contributed by atoms with Gasteiger partial charge in [0.2, 0.25) is 5.91 Å². The molecule has 0 spiro atoms. The zero-order valence-corrected chi connectivity index (χ0v) is 15.1. The molecule has 23 heavy (non-hydrogen) atoms. The van der Waals surface area contributed by atoms with Crippen LogP contribution in [0.1, 0.15) is 25.3 Å².